The van der Waals surface area contributed by atoms with E-state index in [0.717, 1.165) is 57.8 Å². The summed E-state index contributed by atoms with van der Waals surface area (Å²) in [6.45, 7) is 4.77. The average molecular weight is 1100 g/mol. The predicted molar refractivity (Wildman–Crippen MR) is 337 cm³/mol. The Labute approximate surface area is 478 Å². The van der Waals surface area contributed by atoms with E-state index in [0.29, 0.717) is 17.4 Å². The molecule has 0 aromatic rings. The number of aliphatic hydroxyl groups is 1. The first-order valence-electron chi connectivity index (χ1n) is 32.8. The monoisotopic (exact) mass is 1100 g/mol. The quantitative estimate of drug-likeness (QED) is 0.0243. The maximum Gasteiger partial charge on any atom is 0.472 e. The summed E-state index contributed by atoms with van der Waals surface area (Å²) in [6.07, 6.45) is 82.0. The van der Waals surface area contributed by atoms with Gasteiger partial charge >= 0.3 is 7.82 Å². The van der Waals surface area contributed by atoms with Crippen molar-refractivity contribution in [2.24, 2.45) is 0 Å². The van der Waals surface area contributed by atoms with Crippen LogP contribution in [0.25, 0.3) is 0 Å². The Bertz CT molecular complexity index is 1480. The zero-order valence-corrected chi connectivity index (χ0v) is 52.3. The smallest absolute Gasteiger partial charge is 0.387 e. The van der Waals surface area contributed by atoms with Crippen molar-refractivity contribution in [2.75, 3.05) is 40.9 Å². The van der Waals surface area contributed by atoms with Crippen LogP contribution >= 0.6 is 7.82 Å². The molecule has 3 unspecified atom stereocenters. The van der Waals surface area contributed by atoms with Gasteiger partial charge in [-0.1, -0.05) is 286 Å². The fraction of sp³-hybridized carbons (Fsp3) is 0.809. The molecule has 0 spiro atoms. The minimum absolute atomic E-state index is 0.0531. The number of quaternary nitrogens is 1. The van der Waals surface area contributed by atoms with Crippen LogP contribution in [0.15, 0.2) is 72.9 Å². The van der Waals surface area contributed by atoms with Crippen molar-refractivity contribution in [1.82, 2.24) is 5.32 Å². The fourth-order valence-electron chi connectivity index (χ4n) is 9.50. The number of amides is 1. The van der Waals surface area contributed by atoms with Crippen molar-refractivity contribution in [2.45, 2.75) is 315 Å². The van der Waals surface area contributed by atoms with Gasteiger partial charge in [-0.15, -0.1) is 0 Å². The van der Waals surface area contributed by atoms with Crippen LogP contribution in [0.4, 0.5) is 0 Å². The van der Waals surface area contributed by atoms with Gasteiger partial charge in [0.25, 0.3) is 0 Å². The Morgan fingerprint density at radius 1 is 0.442 bits per heavy atom. The molecule has 3 N–H and O–H groups in total. The first-order valence-corrected chi connectivity index (χ1v) is 34.3. The second-order valence-corrected chi connectivity index (χ2v) is 24.9. The Morgan fingerprint density at radius 2 is 0.753 bits per heavy atom. The number of hydrogen-bond acceptors (Lipinski definition) is 5. The molecule has 450 valence electrons. The molecule has 8 nitrogen and oxygen atoms in total. The molecule has 0 aliphatic heterocycles. The highest BCUT2D eigenvalue weighted by atomic mass is 31.2. The van der Waals surface area contributed by atoms with Crippen LogP contribution in [0.3, 0.4) is 0 Å². The van der Waals surface area contributed by atoms with Crippen LogP contribution in [-0.2, 0) is 18.4 Å². The summed E-state index contributed by atoms with van der Waals surface area (Å²) in [5.74, 6) is -0.188. The van der Waals surface area contributed by atoms with E-state index in [2.05, 4.69) is 79.9 Å². The van der Waals surface area contributed by atoms with Gasteiger partial charge in [-0.25, -0.2) is 4.57 Å². The molecule has 1 amide bonds. The van der Waals surface area contributed by atoms with E-state index < -0.39 is 20.0 Å². The van der Waals surface area contributed by atoms with Gasteiger partial charge in [0.15, 0.2) is 0 Å². The van der Waals surface area contributed by atoms with Crippen LogP contribution in [0, 0.1) is 0 Å². The molecule has 0 aromatic heterocycles. The van der Waals surface area contributed by atoms with Crippen LogP contribution in [0.5, 0.6) is 0 Å². The third-order valence-electron chi connectivity index (χ3n) is 14.6. The fourth-order valence-corrected chi connectivity index (χ4v) is 10.2. The molecule has 77 heavy (non-hydrogen) atoms. The van der Waals surface area contributed by atoms with Crippen molar-refractivity contribution in [1.29, 1.82) is 0 Å². The number of unbranched alkanes of at least 4 members (excludes halogenated alkanes) is 37. The van der Waals surface area contributed by atoms with Crippen molar-refractivity contribution < 1.29 is 32.9 Å². The average Bonchev–Trinajstić information content (AvgIpc) is 3.39. The number of nitrogens with one attached hydrogen (secondary N) is 1. The minimum Gasteiger partial charge on any atom is -0.387 e. The minimum atomic E-state index is -4.36. The predicted octanol–water partition coefficient (Wildman–Crippen LogP) is 20.6. The van der Waals surface area contributed by atoms with E-state index in [1.165, 1.54) is 225 Å². The lowest BCUT2D eigenvalue weighted by atomic mass is 10.0. The lowest BCUT2D eigenvalue weighted by Gasteiger charge is -2.25. The van der Waals surface area contributed by atoms with Gasteiger partial charge in [0, 0.05) is 6.42 Å². The van der Waals surface area contributed by atoms with E-state index in [1.54, 1.807) is 6.08 Å². The number of allylic oxidation sites excluding steroid dienone is 11. The number of phosphoric ester groups is 1. The zero-order chi connectivity index (χ0) is 56.3. The Balaban J connectivity index is 3.89. The van der Waals surface area contributed by atoms with Crippen molar-refractivity contribution in [3.63, 3.8) is 0 Å². The SMILES string of the molecule is CCCCCC/C=C/CC/C=C/CC/C=C/C(O)C(COP(=O)(O)OCC[N+](C)(C)C)NC(=O)CCCCCCCCCCCCCCCCCCCCCCCCCCCC/C=C\C/C=C\C/C=C\CCCCCCC. The topological polar surface area (TPSA) is 105 Å². The largest absolute Gasteiger partial charge is 0.472 e. The van der Waals surface area contributed by atoms with Gasteiger partial charge in [-0.3, -0.25) is 13.8 Å². The molecule has 0 fully saturated rings. The first-order chi connectivity index (χ1) is 37.5. The second-order valence-electron chi connectivity index (χ2n) is 23.5. The zero-order valence-electron chi connectivity index (χ0n) is 51.4. The Morgan fingerprint density at radius 3 is 1.14 bits per heavy atom. The lowest BCUT2D eigenvalue weighted by molar-refractivity contribution is -0.870. The molecular formula is C68H128N2O6P+. The van der Waals surface area contributed by atoms with Crippen LogP contribution in [0.1, 0.15) is 303 Å². The molecule has 0 saturated heterocycles. The van der Waals surface area contributed by atoms with Crippen molar-refractivity contribution in [3.8, 4) is 0 Å². The molecule has 0 rings (SSSR count). The first kappa shape index (κ1) is 74.9. The Kier molecular flexibility index (Phi) is 57.0. The number of nitrogens with zero attached hydrogens (tertiary/aromatic N) is 1. The van der Waals surface area contributed by atoms with Crippen LogP contribution in [-0.4, -0.2) is 73.4 Å². The highest BCUT2D eigenvalue weighted by Gasteiger charge is 2.27. The summed E-state index contributed by atoms with van der Waals surface area (Å²) in [5, 5.41) is 13.9. The molecular weight excluding hydrogens is 972 g/mol. The number of aliphatic hydroxyl groups excluding tert-OH is 1. The molecule has 9 heteroatoms. The molecule has 0 heterocycles. The van der Waals surface area contributed by atoms with Crippen LogP contribution in [0.2, 0.25) is 0 Å². The van der Waals surface area contributed by atoms with Crippen LogP contribution < -0.4 is 5.32 Å². The summed E-state index contributed by atoms with van der Waals surface area (Å²) in [7, 11) is 1.55. The standard InChI is InChI=1S/C68H127N2O6P/c1-6-8-10-12-14-16-18-20-22-23-24-25-26-27-28-29-30-31-32-33-34-35-36-37-38-39-40-41-42-43-44-45-46-47-48-50-52-54-56-58-60-62-68(72)69-66(65-76-77(73,74)75-64-63-70(3,4)5)67(71)61-59-57-55-53-51-49-21-19-17-15-13-11-9-7-2/h17-20,23-24,26-27,51,53,59,61,66-67,71H,6-16,21-22,25,28-50,52,54-58,60,62-65H2,1-5H3,(H-,69,72,73,74)/p+1/b19-17+,20-18-,24-23-,27-26-,53-51+,61-59+. The van der Waals surface area contributed by atoms with Crippen molar-refractivity contribution in [3.05, 3.63) is 72.9 Å². The van der Waals surface area contributed by atoms with E-state index in [-0.39, 0.29) is 19.1 Å². The lowest BCUT2D eigenvalue weighted by Crippen LogP contribution is -2.45. The van der Waals surface area contributed by atoms with Gasteiger partial charge in [0.1, 0.15) is 13.2 Å². The highest BCUT2D eigenvalue weighted by Crippen LogP contribution is 2.43. The highest BCUT2D eigenvalue weighted by molar-refractivity contribution is 7.47. The van der Waals surface area contributed by atoms with E-state index in [9.17, 15) is 19.4 Å². The van der Waals surface area contributed by atoms with E-state index in [1.807, 2.05) is 27.2 Å². The Hall–Kier alpha value is -2.06. The third-order valence-corrected chi connectivity index (χ3v) is 15.6. The summed E-state index contributed by atoms with van der Waals surface area (Å²) >= 11 is 0. The normalized spacial score (nSPS) is 14.2. The molecule has 0 saturated carbocycles. The summed E-state index contributed by atoms with van der Waals surface area (Å²) in [5.41, 5.74) is 0. The number of likely N-dealkylation sites (N-methyl/N-ethyl adjacent to an activating group) is 1. The third kappa shape index (κ3) is 61.4. The van der Waals surface area contributed by atoms with Gasteiger partial charge in [-0.2, -0.15) is 0 Å². The van der Waals surface area contributed by atoms with E-state index in [4.69, 9.17) is 9.05 Å². The van der Waals surface area contributed by atoms with Gasteiger partial charge in [-0.05, 0) is 83.5 Å². The number of phosphoric acid groups is 1. The molecule has 0 aliphatic carbocycles. The summed E-state index contributed by atoms with van der Waals surface area (Å²) in [4.78, 5) is 23.3. The molecule has 0 aliphatic rings. The van der Waals surface area contributed by atoms with E-state index >= 15 is 0 Å². The maximum absolute atomic E-state index is 13.0. The van der Waals surface area contributed by atoms with Gasteiger partial charge in [0.05, 0.1) is 39.9 Å². The summed E-state index contributed by atoms with van der Waals surface area (Å²) in [6, 6.07) is -0.870. The van der Waals surface area contributed by atoms with Crippen molar-refractivity contribution >= 4 is 13.7 Å². The molecule has 3 atom stereocenters. The molecule has 0 radical (unpaired) electrons. The maximum atomic E-state index is 13.0. The number of rotatable bonds is 60. The number of carbonyl (C=O) groups excluding carboxylic acids is 1. The van der Waals surface area contributed by atoms with Gasteiger partial charge in [0.2, 0.25) is 5.91 Å². The number of carbonyl (C=O) groups is 1. The number of hydrogen-bond donors (Lipinski definition) is 3. The van der Waals surface area contributed by atoms with Gasteiger partial charge < -0.3 is 19.8 Å². The second kappa shape index (κ2) is 58.6. The molecule has 0 aromatic carbocycles. The molecule has 0 bridgehead atoms. The summed E-state index contributed by atoms with van der Waals surface area (Å²) < 4.78 is 23.7.